The van der Waals surface area contributed by atoms with Crippen LogP contribution in [0.2, 0.25) is 0 Å². The zero-order chi connectivity index (χ0) is 16.7. The van der Waals surface area contributed by atoms with E-state index in [2.05, 4.69) is 17.6 Å². The first kappa shape index (κ1) is 18.2. The van der Waals surface area contributed by atoms with Crippen LogP contribution >= 0.6 is 23.6 Å². The summed E-state index contributed by atoms with van der Waals surface area (Å²) in [5.41, 5.74) is 1.84. The average molecular weight is 355 g/mol. The van der Waals surface area contributed by atoms with Gasteiger partial charge in [-0.25, -0.2) is 4.79 Å². The highest BCUT2D eigenvalue weighted by Crippen LogP contribution is 2.38. The Balaban J connectivity index is 2.00. The third-order valence-corrected chi connectivity index (χ3v) is 5.56. The number of rotatable bonds is 7. The van der Waals surface area contributed by atoms with Gasteiger partial charge >= 0.3 is 5.97 Å². The van der Waals surface area contributed by atoms with Gasteiger partial charge in [0, 0.05) is 11.4 Å². The van der Waals surface area contributed by atoms with Crippen LogP contribution < -0.4 is 10.6 Å². The highest BCUT2D eigenvalue weighted by Gasteiger charge is 2.26. The van der Waals surface area contributed by atoms with Gasteiger partial charge in [-0.3, -0.25) is 0 Å². The summed E-state index contributed by atoms with van der Waals surface area (Å²) in [6.45, 7) is 3.07. The minimum Gasteiger partial charge on any atom is -0.465 e. The standard InChI is InChI=1S/C17H26N2O2S2/c1-3-4-5-8-11-18-17(22)19-15-14(16(20)21-2)12-9-6-7-10-13(12)23-15/h3-11H2,1-2H3,(H2,18,19,22). The van der Waals surface area contributed by atoms with Crippen molar-refractivity contribution in [1.82, 2.24) is 5.32 Å². The molecule has 0 saturated carbocycles. The van der Waals surface area contributed by atoms with Crippen molar-refractivity contribution < 1.29 is 9.53 Å². The fraction of sp³-hybridized carbons (Fsp3) is 0.647. The van der Waals surface area contributed by atoms with Gasteiger partial charge in [-0.2, -0.15) is 0 Å². The van der Waals surface area contributed by atoms with Gasteiger partial charge in [0.05, 0.1) is 12.7 Å². The van der Waals surface area contributed by atoms with E-state index >= 15 is 0 Å². The van der Waals surface area contributed by atoms with Crippen molar-refractivity contribution in [2.75, 3.05) is 19.0 Å². The second-order valence-corrected chi connectivity index (χ2v) is 7.36. The molecule has 0 spiro atoms. The SMILES string of the molecule is CCCCCCNC(=S)Nc1sc2c(c1C(=O)OC)CCCC2. The summed E-state index contributed by atoms with van der Waals surface area (Å²) in [4.78, 5) is 13.5. The number of nitrogens with one attached hydrogen (secondary N) is 2. The molecule has 0 atom stereocenters. The number of fused-ring (bicyclic) bond motifs is 1. The number of thiocarbonyl (C=S) groups is 1. The number of methoxy groups -OCH3 is 1. The molecule has 4 nitrogen and oxygen atoms in total. The van der Waals surface area contributed by atoms with E-state index in [1.165, 1.54) is 37.7 Å². The van der Waals surface area contributed by atoms with Crippen LogP contribution in [0.15, 0.2) is 0 Å². The fourth-order valence-corrected chi connectivity index (χ4v) is 4.42. The molecule has 23 heavy (non-hydrogen) atoms. The van der Waals surface area contributed by atoms with Crippen LogP contribution in [0.3, 0.4) is 0 Å². The number of thiophene rings is 1. The lowest BCUT2D eigenvalue weighted by Gasteiger charge is -2.12. The maximum absolute atomic E-state index is 12.2. The van der Waals surface area contributed by atoms with Crippen molar-refractivity contribution in [2.45, 2.75) is 58.3 Å². The monoisotopic (exact) mass is 354 g/mol. The summed E-state index contributed by atoms with van der Waals surface area (Å²) < 4.78 is 4.97. The number of hydrogen-bond donors (Lipinski definition) is 2. The van der Waals surface area contributed by atoms with E-state index in [4.69, 9.17) is 17.0 Å². The van der Waals surface area contributed by atoms with Gasteiger partial charge in [-0.1, -0.05) is 26.2 Å². The Labute approximate surface area is 148 Å². The molecule has 0 fully saturated rings. The normalized spacial score (nSPS) is 13.3. The van der Waals surface area contributed by atoms with Crippen molar-refractivity contribution in [3.8, 4) is 0 Å². The predicted octanol–water partition coefficient (Wildman–Crippen LogP) is 4.28. The first-order chi connectivity index (χ1) is 11.2. The maximum Gasteiger partial charge on any atom is 0.341 e. The number of carbonyl (C=O) groups is 1. The van der Waals surface area contributed by atoms with Crippen molar-refractivity contribution in [3.63, 3.8) is 0 Å². The summed E-state index contributed by atoms with van der Waals surface area (Å²) >= 11 is 7.01. The van der Waals surface area contributed by atoms with Crippen LogP contribution in [0.25, 0.3) is 0 Å². The molecule has 0 aliphatic heterocycles. The number of unbranched alkanes of at least 4 members (excludes halogenated alkanes) is 3. The molecular formula is C17H26N2O2S2. The van der Waals surface area contributed by atoms with Crippen LogP contribution in [0.1, 0.15) is 66.2 Å². The minimum atomic E-state index is -0.266. The Bertz CT molecular complexity index is 555. The molecule has 1 aliphatic rings. The van der Waals surface area contributed by atoms with E-state index in [0.717, 1.165) is 42.8 Å². The molecule has 1 aliphatic carbocycles. The molecular weight excluding hydrogens is 328 g/mol. The highest BCUT2D eigenvalue weighted by molar-refractivity contribution is 7.80. The molecule has 0 saturated heterocycles. The summed E-state index contributed by atoms with van der Waals surface area (Å²) in [6.07, 6.45) is 9.13. The number of ether oxygens (including phenoxy) is 1. The minimum absolute atomic E-state index is 0.266. The summed E-state index contributed by atoms with van der Waals surface area (Å²) in [7, 11) is 1.43. The second-order valence-electron chi connectivity index (χ2n) is 5.85. The smallest absolute Gasteiger partial charge is 0.341 e. The lowest BCUT2D eigenvalue weighted by molar-refractivity contribution is 0.0601. The first-order valence-electron chi connectivity index (χ1n) is 8.45. The molecule has 1 heterocycles. The van der Waals surface area contributed by atoms with Gasteiger partial charge in [0.15, 0.2) is 5.11 Å². The number of aryl methyl sites for hydroxylation is 1. The van der Waals surface area contributed by atoms with E-state index in [1.54, 1.807) is 11.3 Å². The van der Waals surface area contributed by atoms with Gasteiger partial charge in [-0.15, -0.1) is 11.3 Å². The highest BCUT2D eigenvalue weighted by atomic mass is 32.1. The number of hydrogen-bond acceptors (Lipinski definition) is 4. The van der Waals surface area contributed by atoms with Gasteiger partial charge < -0.3 is 15.4 Å². The van der Waals surface area contributed by atoms with Crippen LogP contribution in [0.4, 0.5) is 5.00 Å². The van der Waals surface area contributed by atoms with E-state index in [-0.39, 0.29) is 5.97 Å². The van der Waals surface area contributed by atoms with Gasteiger partial charge in [0.25, 0.3) is 0 Å². The van der Waals surface area contributed by atoms with E-state index in [0.29, 0.717) is 10.7 Å². The molecule has 1 aromatic rings. The number of carbonyl (C=O) groups excluding carboxylic acids is 1. The molecule has 2 rings (SSSR count). The largest absolute Gasteiger partial charge is 0.465 e. The Morgan fingerprint density at radius 2 is 2.04 bits per heavy atom. The zero-order valence-electron chi connectivity index (χ0n) is 14.0. The lowest BCUT2D eigenvalue weighted by atomic mass is 9.95. The van der Waals surface area contributed by atoms with Crippen LogP contribution in [-0.4, -0.2) is 24.7 Å². The third kappa shape index (κ3) is 4.91. The van der Waals surface area contributed by atoms with Crippen LogP contribution in [0, 0.1) is 0 Å². The average Bonchev–Trinajstić information content (AvgIpc) is 2.91. The molecule has 0 aromatic carbocycles. The van der Waals surface area contributed by atoms with Crippen molar-refractivity contribution >= 4 is 39.6 Å². The molecule has 2 N–H and O–H groups in total. The molecule has 6 heteroatoms. The zero-order valence-corrected chi connectivity index (χ0v) is 15.6. The molecule has 1 aromatic heterocycles. The number of anilines is 1. The first-order valence-corrected chi connectivity index (χ1v) is 9.67. The Hall–Kier alpha value is -1.14. The van der Waals surface area contributed by atoms with Crippen molar-refractivity contribution in [2.24, 2.45) is 0 Å². The quantitative estimate of drug-likeness (QED) is 0.435. The third-order valence-electron chi connectivity index (χ3n) is 4.10. The van der Waals surface area contributed by atoms with Crippen LogP contribution in [-0.2, 0) is 17.6 Å². The summed E-state index contributed by atoms with van der Waals surface area (Å²) in [5.74, 6) is -0.266. The summed E-state index contributed by atoms with van der Waals surface area (Å²) in [5, 5.41) is 7.86. The maximum atomic E-state index is 12.2. The molecule has 0 bridgehead atoms. The second kappa shape index (κ2) is 9.23. The predicted molar refractivity (Wildman–Crippen MR) is 101 cm³/mol. The topological polar surface area (TPSA) is 50.4 Å². The Kier molecular flexibility index (Phi) is 7.30. The number of esters is 1. The Morgan fingerprint density at radius 3 is 2.78 bits per heavy atom. The van der Waals surface area contributed by atoms with E-state index < -0.39 is 0 Å². The Morgan fingerprint density at radius 1 is 1.26 bits per heavy atom. The molecule has 0 radical (unpaired) electrons. The van der Waals surface area contributed by atoms with Crippen molar-refractivity contribution in [1.29, 1.82) is 0 Å². The van der Waals surface area contributed by atoms with Gasteiger partial charge in [0.2, 0.25) is 0 Å². The van der Waals surface area contributed by atoms with E-state index in [1.807, 2.05) is 0 Å². The van der Waals surface area contributed by atoms with Gasteiger partial charge in [0.1, 0.15) is 5.00 Å². The molecule has 128 valence electrons. The fourth-order valence-electron chi connectivity index (χ4n) is 2.87. The lowest BCUT2D eigenvalue weighted by Crippen LogP contribution is -2.29. The molecule has 0 amide bonds. The van der Waals surface area contributed by atoms with E-state index in [9.17, 15) is 4.79 Å². The molecule has 0 unspecified atom stereocenters. The van der Waals surface area contributed by atoms with Crippen molar-refractivity contribution in [3.05, 3.63) is 16.0 Å². The van der Waals surface area contributed by atoms with Crippen LogP contribution in [0.5, 0.6) is 0 Å². The summed E-state index contributed by atoms with van der Waals surface area (Å²) in [6, 6.07) is 0. The van der Waals surface area contributed by atoms with Gasteiger partial charge in [-0.05, 0) is 49.9 Å².